The van der Waals surface area contributed by atoms with Crippen LogP contribution in [-0.4, -0.2) is 12.5 Å². The van der Waals surface area contributed by atoms with Gasteiger partial charge in [0.15, 0.2) is 12.4 Å². The third-order valence-corrected chi connectivity index (χ3v) is 5.99. The van der Waals surface area contributed by atoms with E-state index in [4.69, 9.17) is 44.0 Å². The number of nitrogens with one attached hydrogen (secondary N) is 1. The highest BCUT2D eigenvalue weighted by Crippen LogP contribution is 2.33. The smallest absolute Gasteiger partial charge is 0.262 e. The van der Waals surface area contributed by atoms with Crippen molar-refractivity contribution in [3.63, 3.8) is 0 Å². The zero-order valence-corrected chi connectivity index (χ0v) is 21.5. The number of amides is 1. The molecule has 0 aliphatic rings. The number of anilines is 1. The highest BCUT2D eigenvalue weighted by Gasteiger charge is 2.20. The lowest BCUT2D eigenvalue weighted by atomic mass is 9.86. The molecule has 0 saturated carbocycles. The normalized spacial score (nSPS) is 11.5. The first-order valence-corrected chi connectivity index (χ1v) is 11.9. The van der Waals surface area contributed by atoms with Crippen LogP contribution in [0.4, 0.5) is 5.69 Å². The van der Waals surface area contributed by atoms with Gasteiger partial charge >= 0.3 is 0 Å². The molecule has 0 saturated heterocycles. The van der Waals surface area contributed by atoms with Crippen molar-refractivity contribution in [1.29, 1.82) is 0 Å². The fourth-order valence-electron chi connectivity index (χ4n) is 3.55. The minimum atomic E-state index is -0.497. The molecule has 4 aromatic rings. The molecule has 0 bridgehead atoms. The summed E-state index contributed by atoms with van der Waals surface area (Å²) in [6, 6.07) is 17.1. The second-order valence-corrected chi connectivity index (χ2v) is 10.4. The van der Waals surface area contributed by atoms with Gasteiger partial charge in [0.2, 0.25) is 11.2 Å². The first-order valence-electron chi connectivity index (χ1n) is 10.8. The van der Waals surface area contributed by atoms with E-state index in [9.17, 15) is 9.59 Å². The van der Waals surface area contributed by atoms with Crippen LogP contribution in [0.15, 0.2) is 69.9 Å². The number of carbonyl (C=O) groups excluding carboxylic acids is 1. The quantitative estimate of drug-likeness (QED) is 0.287. The number of benzene rings is 3. The molecular formula is C27H22Cl3NO4. The molecule has 1 aromatic heterocycles. The van der Waals surface area contributed by atoms with Crippen LogP contribution in [-0.2, 0) is 10.2 Å². The fourth-order valence-corrected chi connectivity index (χ4v) is 4.25. The second kappa shape index (κ2) is 9.94. The zero-order chi connectivity index (χ0) is 25.3. The van der Waals surface area contributed by atoms with Gasteiger partial charge in [0.25, 0.3) is 5.91 Å². The maximum Gasteiger partial charge on any atom is 0.262 e. The van der Waals surface area contributed by atoms with Crippen molar-refractivity contribution in [2.75, 3.05) is 11.9 Å². The van der Waals surface area contributed by atoms with Crippen LogP contribution in [0.25, 0.3) is 22.3 Å². The van der Waals surface area contributed by atoms with Gasteiger partial charge in [0.05, 0.1) is 5.39 Å². The molecule has 4 rings (SSSR count). The average Bonchev–Trinajstić information content (AvgIpc) is 2.77. The van der Waals surface area contributed by atoms with Crippen molar-refractivity contribution in [2.24, 2.45) is 0 Å². The molecule has 3 aromatic carbocycles. The van der Waals surface area contributed by atoms with Crippen LogP contribution in [0, 0.1) is 0 Å². The number of rotatable bonds is 5. The Morgan fingerprint density at radius 3 is 2.20 bits per heavy atom. The Morgan fingerprint density at radius 2 is 1.57 bits per heavy atom. The number of hydrogen-bond donors (Lipinski definition) is 1. The maximum absolute atomic E-state index is 13.4. The van der Waals surface area contributed by atoms with Gasteiger partial charge in [-0.05, 0) is 47.4 Å². The molecule has 0 aliphatic carbocycles. The molecule has 180 valence electrons. The SMILES string of the molecule is CC(C)(C)c1ccc(-c2oc3ccc(Cl)cc3c(=O)c2OCC(=O)Nc2cc(Cl)cc(Cl)c2)cc1. The molecule has 1 amide bonds. The van der Waals surface area contributed by atoms with Gasteiger partial charge in [0, 0.05) is 26.3 Å². The standard InChI is InChI=1S/C27H22Cl3NO4/c1-27(2,3)16-6-4-15(5-7-16)25-26(24(33)21-13-17(28)8-9-22(21)35-25)34-14-23(32)31-20-11-18(29)10-19(30)12-20/h4-13H,14H2,1-3H3,(H,31,32). The van der Waals surface area contributed by atoms with Crippen LogP contribution in [0.1, 0.15) is 26.3 Å². The third kappa shape index (κ3) is 5.81. The summed E-state index contributed by atoms with van der Waals surface area (Å²) < 4.78 is 11.8. The lowest BCUT2D eigenvalue weighted by Crippen LogP contribution is -2.22. The highest BCUT2D eigenvalue weighted by molar-refractivity contribution is 6.35. The summed E-state index contributed by atoms with van der Waals surface area (Å²) in [6.07, 6.45) is 0. The Hall–Kier alpha value is -2.99. The summed E-state index contributed by atoms with van der Waals surface area (Å²) >= 11 is 18.1. The van der Waals surface area contributed by atoms with E-state index in [2.05, 4.69) is 26.1 Å². The van der Waals surface area contributed by atoms with Crippen molar-refractivity contribution < 1.29 is 13.9 Å². The van der Waals surface area contributed by atoms with Gasteiger partial charge in [-0.15, -0.1) is 0 Å². The summed E-state index contributed by atoms with van der Waals surface area (Å²) in [6.45, 7) is 5.90. The van der Waals surface area contributed by atoms with E-state index in [1.807, 2.05) is 24.3 Å². The van der Waals surface area contributed by atoms with E-state index in [-0.39, 0.29) is 22.3 Å². The molecule has 5 nitrogen and oxygen atoms in total. The predicted octanol–water partition coefficient (Wildman–Crippen LogP) is 7.74. The van der Waals surface area contributed by atoms with Gasteiger partial charge in [-0.3, -0.25) is 9.59 Å². The summed E-state index contributed by atoms with van der Waals surface area (Å²) in [7, 11) is 0. The topological polar surface area (TPSA) is 68.5 Å². The van der Waals surface area contributed by atoms with E-state index >= 15 is 0 Å². The molecule has 1 N–H and O–H groups in total. The molecule has 35 heavy (non-hydrogen) atoms. The summed E-state index contributed by atoms with van der Waals surface area (Å²) in [4.78, 5) is 25.9. The third-order valence-electron chi connectivity index (χ3n) is 5.32. The van der Waals surface area contributed by atoms with Gasteiger partial charge in [0.1, 0.15) is 5.58 Å². The Labute approximate surface area is 217 Å². The number of halogens is 3. The monoisotopic (exact) mass is 529 g/mol. The lowest BCUT2D eigenvalue weighted by Gasteiger charge is -2.19. The number of carbonyl (C=O) groups is 1. The number of fused-ring (bicyclic) bond motifs is 1. The minimum Gasteiger partial charge on any atom is -0.476 e. The molecule has 0 atom stereocenters. The largest absolute Gasteiger partial charge is 0.476 e. The predicted molar refractivity (Wildman–Crippen MR) is 142 cm³/mol. The Balaban J connectivity index is 1.70. The highest BCUT2D eigenvalue weighted by atomic mass is 35.5. The second-order valence-electron chi connectivity index (χ2n) is 9.05. The molecule has 0 fully saturated rings. The fraction of sp³-hybridized carbons (Fsp3) is 0.185. The number of hydrogen-bond acceptors (Lipinski definition) is 4. The van der Waals surface area contributed by atoms with Gasteiger partial charge in [-0.1, -0.05) is 79.8 Å². The van der Waals surface area contributed by atoms with Gasteiger partial charge in [-0.2, -0.15) is 0 Å². The van der Waals surface area contributed by atoms with E-state index < -0.39 is 17.9 Å². The molecule has 0 radical (unpaired) electrons. The molecule has 0 spiro atoms. The van der Waals surface area contributed by atoms with E-state index in [1.54, 1.807) is 30.3 Å². The van der Waals surface area contributed by atoms with Crippen molar-refractivity contribution in [3.05, 3.63) is 91.5 Å². The van der Waals surface area contributed by atoms with Crippen LogP contribution >= 0.6 is 34.8 Å². The molecule has 0 unspecified atom stereocenters. The van der Waals surface area contributed by atoms with E-state index in [0.717, 1.165) is 5.56 Å². The van der Waals surface area contributed by atoms with Crippen LogP contribution in [0.2, 0.25) is 15.1 Å². The summed E-state index contributed by atoms with van der Waals surface area (Å²) in [5, 5.41) is 4.05. The lowest BCUT2D eigenvalue weighted by molar-refractivity contribution is -0.118. The van der Waals surface area contributed by atoms with Crippen LogP contribution in [0.5, 0.6) is 5.75 Å². The van der Waals surface area contributed by atoms with Gasteiger partial charge in [-0.25, -0.2) is 0 Å². The van der Waals surface area contributed by atoms with E-state index in [0.29, 0.717) is 31.9 Å². The maximum atomic E-state index is 13.4. The summed E-state index contributed by atoms with van der Waals surface area (Å²) in [5.41, 5.74) is 2.07. The number of ether oxygens (including phenoxy) is 1. The Morgan fingerprint density at radius 1 is 0.914 bits per heavy atom. The van der Waals surface area contributed by atoms with Gasteiger partial charge < -0.3 is 14.5 Å². The molecule has 1 heterocycles. The minimum absolute atomic E-state index is 0.0415. The van der Waals surface area contributed by atoms with E-state index in [1.165, 1.54) is 6.07 Å². The van der Waals surface area contributed by atoms with Crippen LogP contribution < -0.4 is 15.5 Å². The van der Waals surface area contributed by atoms with Crippen molar-refractivity contribution in [1.82, 2.24) is 0 Å². The Kier molecular flexibility index (Phi) is 7.13. The van der Waals surface area contributed by atoms with Crippen molar-refractivity contribution >= 4 is 57.4 Å². The molecule has 8 heteroatoms. The van der Waals surface area contributed by atoms with Crippen molar-refractivity contribution in [2.45, 2.75) is 26.2 Å². The first kappa shape index (κ1) is 25.1. The average molecular weight is 531 g/mol. The zero-order valence-electron chi connectivity index (χ0n) is 19.2. The first-order chi connectivity index (χ1) is 16.5. The molecular weight excluding hydrogens is 509 g/mol. The Bertz CT molecular complexity index is 1450. The summed E-state index contributed by atoms with van der Waals surface area (Å²) in [5.74, 6) is -0.352. The molecule has 0 aliphatic heterocycles. The van der Waals surface area contributed by atoms with Crippen LogP contribution in [0.3, 0.4) is 0 Å². The van der Waals surface area contributed by atoms with Crippen molar-refractivity contribution in [3.8, 4) is 17.1 Å².